The van der Waals surface area contributed by atoms with Gasteiger partial charge in [-0.15, -0.1) is 5.10 Å². The molecule has 0 fully saturated rings. The minimum atomic E-state index is -4.84. The van der Waals surface area contributed by atoms with Crippen LogP contribution in [0.15, 0.2) is 41.8 Å². The molecule has 0 N–H and O–H groups in total. The molecule has 3 rings (SSSR count). The molecule has 0 bridgehead atoms. The lowest BCUT2D eigenvalue weighted by Crippen LogP contribution is -2.12. The van der Waals surface area contributed by atoms with E-state index in [1.807, 2.05) is 0 Å². The van der Waals surface area contributed by atoms with E-state index in [4.69, 9.17) is 0 Å². The molecule has 160 valence electrons. The molecule has 3 aromatic rings. The lowest BCUT2D eigenvalue weighted by atomic mass is 10.2. The molecule has 3 heterocycles. The molecule has 0 aliphatic heterocycles. The van der Waals surface area contributed by atoms with Crippen LogP contribution in [0.5, 0.6) is 0 Å². The molecular formula is C16H11F6N5O2S. The highest BCUT2D eigenvalue weighted by molar-refractivity contribution is 7.91. The van der Waals surface area contributed by atoms with Crippen LogP contribution in [0.2, 0.25) is 0 Å². The summed E-state index contributed by atoms with van der Waals surface area (Å²) in [6.45, 7) is 1.23. The quantitative estimate of drug-likeness (QED) is 0.564. The normalized spacial score (nSPS) is 12.9. The number of pyridine rings is 2. The number of hydrogen-bond donors (Lipinski definition) is 0. The first-order valence-corrected chi connectivity index (χ1v) is 9.74. The standard InChI is InChI=1S/C16H11F6N5O2S/c1-2-30(28,29)11-5-10(16(20,21)22)7-24-13(11)14-25-8-27(26-14)12-6-9(3-4-23-12)15(17,18)19/h3-8H,2H2,1H3. The smallest absolute Gasteiger partial charge is 0.251 e. The van der Waals surface area contributed by atoms with Gasteiger partial charge in [0.2, 0.25) is 5.82 Å². The largest absolute Gasteiger partial charge is 0.417 e. The van der Waals surface area contributed by atoms with E-state index in [0.29, 0.717) is 18.3 Å². The van der Waals surface area contributed by atoms with E-state index in [-0.39, 0.29) is 5.82 Å². The first-order chi connectivity index (χ1) is 13.8. The maximum Gasteiger partial charge on any atom is 0.417 e. The molecule has 0 spiro atoms. The lowest BCUT2D eigenvalue weighted by Gasteiger charge is -2.11. The van der Waals surface area contributed by atoms with Crippen molar-refractivity contribution < 1.29 is 34.8 Å². The van der Waals surface area contributed by atoms with Gasteiger partial charge in [-0.1, -0.05) is 6.92 Å². The Hall–Kier alpha value is -3.03. The fraction of sp³-hybridized carbons (Fsp3) is 0.250. The number of aromatic nitrogens is 5. The van der Waals surface area contributed by atoms with Crippen molar-refractivity contribution in [3.63, 3.8) is 0 Å². The van der Waals surface area contributed by atoms with Crippen LogP contribution >= 0.6 is 0 Å². The molecular weight excluding hydrogens is 440 g/mol. The summed E-state index contributed by atoms with van der Waals surface area (Å²) in [6, 6.07) is 1.84. The van der Waals surface area contributed by atoms with E-state index < -0.39 is 55.5 Å². The average molecular weight is 451 g/mol. The summed E-state index contributed by atoms with van der Waals surface area (Å²) >= 11 is 0. The third-order valence-electron chi connectivity index (χ3n) is 3.91. The van der Waals surface area contributed by atoms with Crippen LogP contribution in [0, 0.1) is 0 Å². The van der Waals surface area contributed by atoms with Gasteiger partial charge in [-0.25, -0.2) is 23.1 Å². The minimum Gasteiger partial charge on any atom is -0.251 e. The fourth-order valence-electron chi connectivity index (χ4n) is 2.36. The second kappa shape index (κ2) is 7.34. The summed E-state index contributed by atoms with van der Waals surface area (Å²) in [5.41, 5.74) is -2.75. The number of sulfone groups is 1. The topological polar surface area (TPSA) is 90.6 Å². The van der Waals surface area contributed by atoms with E-state index in [2.05, 4.69) is 20.1 Å². The summed E-state index contributed by atoms with van der Waals surface area (Å²) in [7, 11) is -4.16. The molecule has 30 heavy (non-hydrogen) atoms. The van der Waals surface area contributed by atoms with Gasteiger partial charge in [0.25, 0.3) is 0 Å². The Morgan fingerprint density at radius 1 is 0.967 bits per heavy atom. The van der Waals surface area contributed by atoms with Crippen molar-refractivity contribution in [1.29, 1.82) is 0 Å². The summed E-state index contributed by atoms with van der Waals surface area (Å²) < 4.78 is 103. The monoisotopic (exact) mass is 451 g/mol. The molecule has 0 saturated carbocycles. The molecule has 0 radical (unpaired) electrons. The van der Waals surface area contributed by atoms with Crippen LogP contribution in [0.1, 0.15) is 18.1 Å². The molecule has 0 aliphatic rings. The van der Waals surface area contributed by atoms with Gasteiger partial charge in [0.1, 0.15) is 12.0 Å². The zero-order valence-electron chi connectivity index (χ0n) is 14.9. The molecule has 7 nitrogen and oxygen atoms in total. The lowest BCUT2D eigenvalue weighted by molar-refractivity contribution is -0.138. The average Bonchev–Trinajstić information content (AvgIpc) is 3.16. The Bertz CT molecular complexity index is 1190. The number of hydrogen-bond acceptors (Lipinski definition) is 6. The molecule has 0 unspecified atom stereocenters. The van der Waals surface area contributed by atoms with Crippen LogP contribution < -0.4 is 0 Å². The highest BCUT2D eigenvalue weighted by Gasteiger charge is 2.34. The van der Waals surface area contributed by atoms with Crippen LogP contribution in [0.4, 0.5) is 26.3 Å². The predicted octanol–water partition coefficient (Wildman–Crippen LogP) is 3.56. The molecule has 0 atom stereocenters. The van der Waals surface area contributed by atoms with Crippen molar-refractivity contribution in [2.24, 2.45) is 0 Å². The van der Waals surface area contributed by atoms with Crippen molar-refractivity contribution in [2.45, 2.75) is 24.2 Å². The minimum absolute atomic E-state index is 0.282. The second-order valence-corrected chi connectivity index (χ2v) is 8.13. The highest BCUT2D eigenvalue weighted by atomic mass is 32.2. The molecule has 3 aromatic heterocycles. The zero-order valence-corrected chi connectivity index (χ0v) is 15.7. The predicted molar refractivity (Wildman–Crippen MR) is 90.1 cm³/mol. The van der Waals surface area contributed by atoms with Crippen molar-refractivity contribution in [3.8, 4) is 17.3 Å². The van der Waals surface area contributed by atoms with Gasteiger partial charge in [-0.2, -0.15) is 26.3 Å². The summed E-state index contributed by atoms with van der Waals surface area (Å²) in [5.74, 6) is -1.19. The van der Waals surface area contributed by atoms with Crippen LogP contribution in [0.3, 0.4) is 0 Å². The van der Waals surface area contributed by atoms with Crippen molar-refractivity contribution in [3.05, 3.63) is 48.0 Å². The van der Waals surface area contributed by atoms with E-state index in [1.54, 1.807) is 0 Å². The summed E-state index contributed by atoms with van der Waals surface area (Å²) in [4.78, 5) is 10.3. The van der Waals surface area contributed by atoms with Gasteiger partial charge in [0, 0.05) is 12.4 Å². The SMILES string of the molecule is CCS(=O)(=O)c1cc(C(F)(F)F)cnc1-c1ncn(-c2cc(C(F)(F)F)ccn2)n1. The van der Waals surface area contributed by atoms with Crippen molar-refractivity contribution >= 4 is 9.84 Å². The fourth-order valence-corrected chi connectivity index (χ4v) is 3.42. The number of rotatable bonds is 4. The van der Waals surface area contributed by atoms with Crippen LogP contribution in [0.25, 0.3) is 17.3 Å². The van der Waals surface area contributed by atoms with Crippen molar-refractivity contribution in [1.82, 2.24) is 24.7 Å². The molecule has 14 heteroatoms. The maximum absolute atomic E-state index is 13.0. The van der Waals surface area contributed by atoms with E-state index in [9.17, 15) is 34.8 Å². The van der Waals surface area contributed by atoms with E-state index >= 15 is 0 Å². The molecule has 0 aliphatic carbocycles. The Morgan fingerprint density at radius 3 is 2.23 bits per heavy atom. The Labute approximate surface area is 165 Å². The second-order valence-electron chi connectivity index (χ2n) is 5.89. The van der Waals surface area contributed by atoms with E-state index in [0.717, 1.165) is 23.3 Å². The van der Waals surface area contributed by atoms with Gasteiger partial charge in [-0.3, -0.25) is 4.98 Å². The molecule has 0 amide bonds. The maximum atomic E-state index is 13.0. The van der Waals surface area contributed by atoms with Crippen molar-refractivity contribution in [2.75, 3.05) is 5.75 Å². The Balaban J connectivity index is 2.12. The number of halogens is 6. The number of nitrogens with zero attached hydrogens (tertiary/aromatic N) is 5. The third kappa shape index (κ3) is 4.27. The molecule has 0 saturated heterocycles. The summed E-state index contributed by atoms with van der Waals surface area (Å²) in [6.07, 6.45) is -7.22. The number of alkyl halides is 6. The first-order valence-electron chi connectivity index (χ1n) is 8.08. The van der Waals surface area contributed by atoms with Gasteiger partial charge in [-0.05, 0) is 18.2 Å². The zero-order chi connectivity index (χ0) is 22.3. The Kier molecular flexibility index (Phi) is 5.30. The Morgan fingerprint density at radius 2 is 1.63 bits per heavy atom. The first kappa shape index (κ1) is 21.7. The van der Waals surface area contributed by atoms with Crippen LogP contribution in [-0.2, 0) is 22.2 Å². The molecule has 0 aromatic carbocycles. The van der Waals surface area contributed by atoms with E-state index in [1.165, 1.54) is 6.92 Å². The van der Waals surface area contributed by atoms with Crippen LogP contribution in [-0.4, -0.2) is 38.9 Å². The van der Waals surface area contributed by atoms with Gasteiger partial charge < -0.3 is 0 Å². The summed E-state index contributed by atoms with van der Waals surface area (Å²) in [5, 5.41) is 3.84. The third-order valence-corrected chi connectivity index (χ3v) is 5.65. The van der Waals surface area contributed by atoms with Gasteiger partial charge in [0.05, 0.1) is 21.8 Å². The van der Waals surface area contributed by atoms with Gasteiger partial charge >= 0.3 is 12.4 Å². The van der Waals surface area contributed by atoms with Gasteiger partial charge in [0.15, 0.2) is 15.7 Å². The highest BCUT2D eigenvalue weighted by Crippen LogP contribution is 2.34.